The highest BCUT2D eigenvalue weighted by molar-refractivity contribution is 5.90. The smallest absolute Gasteiger partial charge is 0.341 e. The lowest BCUT2D eigenvalue weighted by molar-refractivity contribution is 0.0599. The van der Waals surface area contributed by atoms with E-state index in [1.165, 1.54) is 13.5 Å². The first-order valence-corrected chi connectivity index (χ1v) is 7.54. The molecule has 1 N–H and O–H groups in total. The van der Waals surface area contributed by atoms with Crippen molar-refractivity contribution in [2.24, 2.45) is 0 Å². The van der Waals surface area contributed by atoms with Gasteiger partial charge in [0.25, 0.3) is 0 Å². The van der Waals surface area contributed by atoms with Gasteiger partial charge >= 0.3 is 5.97 Å². The molecule has 0 fully saturated rings. The van der Waals surface area contributed by atoms with Crippen molar-refractivity contribution >= 4 is 5.97 Å². The summed E-state index contributed by atoms with van der Waals surface area (Å²) in [5.74, 6) is 1.03. The van der Waals surface area contributed by atoms with Gasteiger partial charge in [0.2, 0.25) is 0 Å². The largest absolute Gasteiger partial charge is 0.465 e. The Bertz CT molecular complexity index is 441. The molecule has 0 aromatic carbocycles. The van der Waals surface area contributed by atoms with Crippen molar-refractivity contribution < 1.29 is 13.9 Å². The number of unbranched alkanes of at least 4 members (excludes halogenated alkanes) is 1. The minimum absolute atomic E-state index is 0.348. The van der Waals surface area contributed by atoms with Crippen LogP contribution in [0.5, 0.6) is 0 Å². The number of aryl methyl sites for hydroxylation is 1. The van der Waals surface area contributed by atoms with Crippen LogP contribution >= 0.6 is 0 Å². The van der Waals surface area contributed by atoms with Crippen molar-refractivity contribution in [3.8, 4) is 0 Å². The van der Waals surface area contributed by atoms with Gasteiger partial charge in [-0.25, -0.2) is 4.79 Å². The van der Waals surface area contributed by atoms with E-state index in [2.05, 4.69) is 31.1 Å². The minimum atomic E-state index is -0.348. The lowest BCUT2D eigenvalue weighted by Gasteiger charge is -2.20. The van der Waals surface area contributed by atoms with Gasteiger partial charge in [-0.3, -0.25) is 0 Å². The van der Waals surface area contributed by atoms with Crippen molar-refractivity contribution in [1.29, 1.82) is 0 Å². The summed E-state index contributed by atoms with van der Waals surface area (Å²) < 4.78 is 10.2. The molecular weight excluding hydrogens is 268 g/mol. The molecular formula is C16H28N2O3. The normalized spacial score (nSPS) is 11.4. The molecule has 1 heterocycles. The van der Waals surface area contributed by atoms with E-state index in [1.54, 1.807) is 13.0 Å². The molecule has 0 unspecified atom stereocenters. The van der Waals surface area contributed by atoms with Crippen LogP contribution in [0, 0.1) is 6.92 Å². The molecule has 1 rings (SSSR count). The van der Waals surface area contributed by atoms with E-state index in [0.717, 1.165) is 25.3 Å². The predicted octanol–water partition coefficient (Wildman–Crippen LogP) is 2.58. The van der Waals surface area contributed by atoms with Gasteiger partial charge in [-0.1, -0.05) is 0 Å². The molecule has 0 atom stereocenters. The van der Waals surface area contributed by atoms with Gasteiger partial charge in [0.1, 0.15) is 17.1 Å². The minimum Gasteiger partial charge on any atom is -0.465 e. The molecule has 0 aliphatic rings. The van der Waals surface area contributed by atoms with Crippen LogP contribution in [0.3, 0.4) is 0 Å². The van der Waals surface area contributed by atoms with E-state index in [4.69, 9.17) is 9.15 Å². The summed E-state index contributed by atoms with van der Waals surface area (Å²) in [6.07, 6.45) is 2.30. The van der Waals surface area contributed by atoms with Crippen molar-refractivity contribution in [3.63, 3.8) is 0 Å². The van der Waals surface area contributed by atoms with Crippen LogP contribution in [0.25, 0.3) is 0 Å². The standard InChI is InChI=1S/C16H28N2O3/c1-12(2)18(4)9-7-6-8-17-11-14-10-15(13(3)21-14)16(19)20-5/h10,12,17H,6-9,11H2,1-5H3. The highest BCUT2D eigenvalue weighted by atomic mass is 16.5. The van der Waals surface area contributed by atoms with E-state index >= 15 is 0 Å². The number of rotatable bonds is 9. The maximum absolute atomic E-state index is 11.5. The van der Waals surface area contributed by atoms with Gasteiger partial charge in [-0.15, -0.1) is 0 Å². The maximum Gasteiger partial charge on any atom is 0.341 e. The van der Waals surface area contributed by atoms with Crippen molar-refractivity contribution in [2.45, 2.75) is 46.2 Å². The molecule has 0 saturated heterocycles. The highest BCUT2D eigenvalue weighted by Crippen LogP contribution is 2.15. The number of nitrogens with one attached hydrogen (secondary N) is 1. The fourth-order valence-corrected chi connectivity index (χ4v) is 2.02. The van der Waals surface area contributed by atoms with E-state index in [0.29, 0.717) is 23.9 Å². The zero-order valence-corrected chi connectivity index (χ0v) is 13.9. The lowest BCUT2D eigenvalue weighted by Crippen LogP contribution is -2.27. The average molecular weight is 296 g/mol. The zero-order chi connectivity index (χ0) is 15.8. The van der Waals surface area contributed by atoms with Gasteiger partial charge in [0.05, 0.1) is 13.7 Å². The van der Waals surface area contributed by atoms with Crippen molar-refractivity contribution in [1.82, 2.24) is 10.2 Å². The van der Waals surface area contributed by atoms with Crippen molar-refractivity contribution in [3.05, 3.63) is 23.2 Å². The first-order valence-electron chi connectivity index (χ1n) is 7.54. The Morgan fingerprint density at radius 2 is 2.14 bits per heavy atom. The summed E-state index contributed by atoms with van der Waals surface area (Å²) in [4.78, 5) is 13.8. The second-order valence-electron chi connectivity index (χ2n) is 5.63. The molecule has 5 heteroatoms. The van der Waals surface area contributed by atoms with E-state index in [1.807, 2.05) is 0 Å². The quantitative estimate of drug-likeness (QED) is 0.561. The second-order valence-corrected chi connectivity index (χ2v) is 5.63. The summed E-state index contributed by atoms with van der Waals surface area (Å²) in [7, 11) is 3.53. The zero-order valence-electron chi connectivity index (χ0n) is 13.9. The number of hydrogen-bond donors (Lipinski definition) is 1. The van der Waals surface area contributed by atoms with Crippen LogP contribution in [0.4, 0.5) is 0 Å². The monoisotopic (exact) mass is 296 g/mol. The molecule has 0 amide bonds. The number of carbonyl (C=O) groups excluding carboxylic acids is 1. The predicted molar refractivity (Wildman–Crippen MR) is 83.5 cm³/mol. The van der Waals surface area contributed by atoms with Crippen LogP contribution < -0.4 is 5.32 Å². The average Bonchev–Trinajstić information content (AvgIpc) is 2.82. The fraction of sp³-hybridized carbons (Fsp3) is 0.688. The first kappa shape index (κ1) is 17.7. The topological polar surface area (TPSA) is 54.7 Å². The molecule has 0 aliphatic carbocycles. The van der Waals surface area contributed by atoms with Crippen LogP contribution in [0.15, 0.2) is 10.5 Å². The lowest BCUT2D eigenvalue weighted by atomic mass is 10.2. The molecule has 0 bridgehead atoms. The molecule has 5 nitrogen and oxygen atoms in total. The number of ether oxygens (including phenoxy) is 1. The first-order chi connectivity index (χ1) is 9.95. The number of esters is 1. The molecule has 1 aromatic heterocycles. The van der Waals surface area contributed by atoms with Gasteiger partial charge in [0, 0.05) is 6.04 Å². The van der Waals surface area contributed by atoms with Gasteiger partial charge < -0.3 is 19.4 Å². The number of carbonyl (C=O) groups is 1. The number of hydrogen-bond acceptors (Lipinski definition) is 5. The van der Waals surface area contributed by atoms with E-state index in [-0.39, 0.29) is 5.97 Å². The summed E-state index contributed by atoms with van der Waals surface area (Å²) in [6, 6.07) is 2.35. The number of methoxy groups -OCH3 is 1. The summed E-state index contributed by atoms with van der Waals surface area (Å²) in [6.45, 7) is 8.88. The van der Waals surface area contributed by atoms with Gasteiger partial charge in [-0.2, -0.15) is 0 Å². The third-order valence-electron chi connectivity index (χ3n) is 3.67. The third-order valence-corrected chi connectivity index (χ3v) is 3.67. The number of nitrogens with zero attached hydrogens (tertiary/aromatic N) is 1. The van der Waals surface area contributed by atoms with Crippen LogP contribution in [-0.4, -0.2) is 44.2 Å². The molecule has 1 aromatic rings. The molecule has 0 saturated carbocycles. The van der Waals surface area contributed by atoms with Crippen LogP contribution in [0.1, 0.15) is 48.6 Å². The Hall–Kier alpha value is -1.33. The van der Waals surface area contributed by atoms with Gasteiger partial charge in [0.15, 0.2) is 0 Å². The Morgan fingerprint density at radius 3 is 2.76 bits per heavy atom. The van der Waals surface area contributed by atoms with Crippen LogP contribution in [0.2, 0.25) is 0 Å². The summed E-state index contributed by atoms with van der Waals surface area (Å²) >= 11 is 0. The molecule has 120 valence electrons. The SMILES string of the molecule is COC(=O)c1cc(CNCCCCN(C)C(C)C)oc1C. The highest BCUT2D eigenvalue weighted by Gasteiger charge is 2.14. The van der Waals surface area contributed by atoms with E-state index in [9.17, 15) is 4.79 Å². The number of furan rings is 1. The molecule has 21 heavy (non-hydrogen) atoms. The third kappa shape index (κ3) is 5.89. The Labute approximate surface area is 127 Å². The molecule has 0 radical (unpaired) electrons. The van der Waals surface area contributed by atoms with Gasteiger partial charge in [-0.05, 0) is 59.8 Å². The molecule has 0 aliphatic heterocycles. The summed E-state index contributed by atoms with van der Waals surface area (Å²) in [5.41, 5.74) is 0.507. The fourth-order valence-electron chi connectivity index (χ4n) is 2.02. The maximum atomic E-state index is 11.5. The molecule has 0 spiro atoms. The Kier molecular flexibility index (Phi) is 7.47. The Balaban J connectivity index is 2.23. The Morgan fingerprint density at radius 1 is 1.43 bits per heavy atom. The summed E-state index contributed by atoms with van der Waals surface area (Å²) in [5, 5.41) is 3.34. The van der Waals surface area contributed by atoms with Crippen LogP contribution in [-0.2, 0) is 11.3 Å². The second kappa shape index (κ2) is 8.85. The van der Waals surface area contributed by atoms with Crippen molar-refractivity contribution in [2.75, 3.05) is 27.2 Å². The van der Waals surface area contributed by atoms with E-state index < -0.39 is 0 Å².